The van der Waals surface area contributed by atoms with E-state index in [4.69, 9.17) is 5.11 Å². The molecule has 0 amide bonds. The van der Waals surface area contributed by atoms with E-state index in [1.165, 1.54) is 45.9 Å². The minimum Gasteiger partial charge on any atom is -0.373 e. The fraction of sp³-hybridized carbons (Fsp3) is 0.615. The van der Waals surface area contributed by atoms with Gasteiger partial charge in [0.15, 0.2) is 38.8 Å². The average Bonchev–Trinajstić information content (AvgIpc) is 3.68. The van der Waals surface area contributed by atoms with E-state index in [0.29, 0.717) is 12.8 Å². The molecule has 0 aliphatic carbocycles. The third-order valence-electron chi connectivity index (χ3n) is 2.88. The molecule has 0 radical (unpaired) electrons. The summed E-state index contributed by atoms with van der Waals surface area (Å²) in [6.07, 6.45) is 6.97. The summed E-state index contributed by atoms with van der Waals surface area (Å²) in [5.74, 6) is 0. The van der Waals surface area contributed by atoms with Gasteiger partial charge < -0.3 is 9.84 Å². The predicted octanol–water partition coefficient (Wildman–Crippen LogP) is -3.43. The normalized spacial score (nSPS) is 9.46. The van der Waals surface area contributed by atoms with Crippen LogP contribution in [-0.2, 0) is 32.3 Å². The summed E-state index contributed by atoms with van der Waals surface area (Å²) in [6.45, 7) is 4.16. The van der Waals surface area contributed by atoms with Crippen LogP contribution in [0.2, 0.25) is 0 Å². The van der Waals surface area contributed by atoms with Crippen molar-refractivity contribution in [2.45, 2.75) is 33.4 Å². The number of rotatable bonds is 4. The summed E-state index contributed by atoms with van der Waals surface area (Å²) in [5.41, 5.74) is 0. The Kier molecular flexibility index (Phi) is 14.4. The summed E-state index contributed by atoms with van der Waals surface area (Å²) >= 11 is 0. The Hall–Kier alpha value is -4.73. The number of hydrogen-bond donors (Lipinski definition) is 1. The monoisotopic (exact) mass is 494 g/mol. The van der Waals surface area contributed by atoms with Gasteiger partial charge in [0.1, 0.15) is 6.33 Å². The van der Waals surface area contributed by atoms with E-state index in [0.717, 1.165) is 4.80 Å². The minimum atomic E-state index is -0.208. The van der Waals surface area contributed by atoms with Crippen molar-refractivity contribution in [1.82, 2.24) is 101 Å². The van der Waals surface area contributed by atoms with Gasteiger partial charge in [-0.1, -0.05) is 0 Å². The van der Waals surface area contributed by atoms with Crippen LogP contribution >= 0.6 is 0 Å². The summed E-state index contributed by atoms with van der Waals surface area (Å²) < 4.78 is 6.21. The molecule has 0 saturated carbocycles. The molecule has 0 saturated heterocycles. The largest absolute Gasteiger partial charge is 0.373 e. The average molecular weight is 494 g/mol. The van der Waals surface area contributed by atoms with Crippen molar-refractivity contribution >= 4 is 0 Å². The molecule has 5 aromatic heterocycles. The fourth-order valence-corrected chi connectivity index (χ4v) is 1.45. The van der Waals surface area contributed by atoms with Crippen LogP contribution in [0.1, 0.15) is 19.9 Å². The van der Waals surface area contributed by atoms with Crippen LogP contribution in [0.25, 0.3) is 0 Å². The quantitative estimate of drug-likeness (QED) is 0.255. The summed E-state index contributed by atoms with van der Waals surface area (Å²) in [6, 6.07) is 0.317. The first-order valence-electron chi connectivity index (χ1n) is 9.53. The number of methoxy groups -OCH3 is 1. The molecule has 190 valence electrons. The van der Waals surface area contributed by atoms with Crippen molar-refractivity contribution in [3.63, 3.8) is 0 Å². The molecule has 5 aromatic rings. The van der Waals surface area contributed by atoms with Gasteiger partial charge in [0.2, 0.25) is 0 Å². The minimum absolute atomic E-state index is 0.208. The van der Waals surface area contributed by atoms with Gasteiger partial charge in [-0.3, -0.25) is 0 Å². The number of aromatic nitrogens is 20. The fourth-order valence-electron chi connectivity index (χ4n) is 1.45. The first kappa shape index (κ1) is 28.3. The lowest BCUT2D eigenvalue weighted by atomic mass is 10.4. The zero-order chi connectivity index (χ0) is 25.7. The lowest BCUT2D eigenvalue weighted by molar-refractivity contribution is 0.107. The smallest absolute Gasteiger partial charge is 0.162 e. The van der Waals surface area contributed by atoms with Crippen molar-refractivity contribution < 1.29 is 9.84 Å². The Morgan fingerprint density at radius 3 is 1.60 bits per heavy atom. The van der Waals surface area contributed by atoms with Crippen molar-refractivity contribution in [3.05, 3.63) is 31.6 Å². The highest BCUT2D eigenvalue weighted by molar-refractivity contribution is 4.45. The number of aliphatic hydroxyl groups excluding tert-OH is 1. The molecular formula is C13H26N20O2. The zero-order valence-corrected chi connectivity index (χ0v) is 19.7. The highest BCUT2D eigenvalue weighted by Gasteiger charge is 1.94. The van der Waals surface area contributed by atoms with Gasteiger partial charge in [-0.05, 0) is 45.1 Å². The number of tetrazole rings is 5. The van der Waals surface area contributed by atoms with Crippen LogP contribution in [0.4, 0.5) is 0 Å². The van der Waals surface area contributed by atoms with Gasteiger partial charge in [-0.15, -0.1) is 55.5 Å². The van der Waals surface area contributed by atoms with E-state index < -0.39 is 0 Å². The number of aryl methyl sites for hydroxylation is 2. The van der Waals surface area contributed by atoms with Crippen molar-refractivity contribution in [1.29, 1.82) is 0 Å². The maximum Gasteiger partial charge on any atom is 0.162 e. The van der Waals surface area contributed by atoms with Gasteiger partial charge in [0.05, 0.1) is 13.1 Å². The number of hydrogen-bond acceptors (Lipinski definition) is 17. The van der Waals surface area contributed by atoms with Gasteiger partial charge in [0.25, 0.3) is 0 Å². The van der Waals surface area contributed by atoms with Crippen molar-refractivity contribution in [3.8, 4) is 0 Å². The molecule has 35 heavy (non-hydrogen) atoms. The zero-order valence-electron chi connectivity index (χ0n) is 19.7. The molecule has 1 N–H and O–H groups in total. The van der Waals surface area contributed by atoms with E-state index in [2.05, 4.69) is 81.9 Å². The Labute approximate surface area is 197 Å². The Balaban J connectivity index is 0.000000220. The highest BCUT2D eigenvalue weighted by Crippen LogP contribution is 1.93. The van der Waals surface area contributed by atoms with Crippen LogP contribution in [0.15, 0.2) is 31.6 Å². The van der Waals surface area contributed by atoms with Gasteiger partial charge in [-0.2, -0.15) is 9.59 Å². The Morgan fingerprint density at radius 2 is 1.34 bits per heavy atom. The Morgan fingerprint density at radius 1 is 0.743 bits per heavy atom. The van der Waals surface area contributed by atoms with Crippen LogP contribution in [0.3, 0.4) is 0 Å². The molecule has 0 unspecified atom stereocenters. The highest BCUT2D eigenvalue weighted by atomic mass is 16.5. The summed E-state index contributed by atoms with van der Waals surface area (Å²) in [4.78, 5) is 5.36. The molecule has 0 aliphatic heterocycles. The first-order valence-corrected chi connectivity index (χ1v) is 9.53. The SMILES string of the molecule is CC(C)n1ncnn1.COCn1ncnn1.Cn1cnnn1.Cn1ncnn1.OCn1ncnn1. The number of ether oxygens (including phenoxy) is 1. The number of aliphatic hydroxyl groups is 1. The molecule has 0 aromatic carbocycles. The van der Waals surface area contributed by atoms with Gasteiger partial charge >= 0.3 is 0 Å². The molecule has 0 spiro atoms. The van der Waals surface area contributed by atoms with E-state index in [1.54, 1.807) is 26.0 Å². The maximum absolute atomic E-state index is 8.22. The topological polar surface area (TPSA) is 247 Å². The molecule has 0 atom stereocenters. The van der Waals surface area contributed by atoms with E-state index in [1.807, 2.05) is 13.8 Å². The Bertz CT molecular complexity index is 995. The standard InChI is InChI=1S/C4H8N4.C3H6N4O.C2H4N4O.2C2H4N4/c1-4(2)8-6-3-5-7-8;1-8-3-7-5-2-4-6-7;7-2-6-4-1-3-5-6;1-6-2-3-4-5-6;1-6-4-2-3-5-6/h3-4H,1-2H3;2H,3H2,1H3;1,7H,2H2;2*2H,1H3. The molecule has 22 nitrogen and oxygen atoms in total. The third kappa shape index (κ3) is 14.1. The van der Waals surface area contributed by atoms with E-state index in [9.17, 15) is 0 Å². The molecule has 0 fully saturated rings. The first-order chi connectivity index (χ1) is 17.0. The second kappa shape index (κ2) is 17.8. The van der Waals surface area contributed by atoms with Crippen molar-refractivity contribution in [2.75, 3.05) is 7.11 Å². The second-order valence-electron chi connectivity index (χ2n) is 5.93. The third-order valence-corrected chi connectivity index (χ3v) is 2.88. The van der Waals surface area contributed by atoms with Crippen molar-refractivity contribution in [2.24, 2.45) is 14.1 Å². The van der Waals surface area contributed by atoms with E-state index in [-0.39, 0.29) is 6.73 Å². The predicted molar refractivity (Wildman–Crippen MR) is 111 cm³/mol. The summed E-state index contributed by atoms with van der Waals surface area (Å²) in [7, 11) is 5.05. The van der Waals surface area contributed by atoms with Gasteiger partial charge in [-0.25, -0.2) is 4.68 Å². The second-order valence-corrected chi connectivity index (χ2v) is 5.93. The van der Waals surface area contributed by atoms with Crippen LogP contribution < -0.4 is 0 Å². The van der Waals surface area contributed by atoms with E-state index >= 15 is 0 Å². The lowest BCUT2D eigenvalue weighted by Crippen LogP contribution is -2.04. The lowest BCUT2D eigenvalue weighted by Gasteiger charge is -1.97. The summed E-state index contributed by atoms with van der Waals surface area (Å²) in [5, 5.41) is 60.8. The molecule has 5 heterocycles. The molecule has 22 heteroatoms. The molecule has 5 rings (SSSR count). The molecule has 0 aliphatic rings. The number of nitrogens with zero attached hydrogens (tertiary/aromatic N) is 20. The van der Waals surface area contributed by atoms with Gasteiger partial charge in [0, 0.05) is 14.2 Å². The maximum atomic E-state index is 8.22. The molecule has 0 bridgehead atoms. The molecular weight excluding hydrogens is 468 g/mol. The van der Waals surface area contributed by atoms with Crippen LogP contribution in [-0.4, -0.2) is 113 Å². The van der Waals surface area contributed by atoms with Crippen LogP contribution in [0, 0.1) is 0 Å². The van der Waals surface area contributed by atoms with Crippen LogP contribution in [0.5, 0.6) is 0 Å².